The molecule has 3 nitrogen and oxygen atoms in total. The Morgan fingerprint density at radius 1 is 1.64 bits per heavy atom. The molecule has 0 rings (SSSR count). The summed E-state index contributed by atoms with van der Waals surface area (Å²) in [4.78, 5) is 10.7. The second-order valence-corrected chi connectivity index (χ2v) is 3.63. The summed E-state index contributed by atoms with van der Waals surface area (Å²) in [7, 11) is 0. The Bertz CT molecular complexity index is 187. The van der Waals surface area contributed by atoms with Gasteiger partial charge in [0.1, 0.15) is 6.10 Å². The molecule has 0 aliphatic heterocycles. The molecule has 6 heteroatoms. The molecule has 0 aromatic carbocycles. The number of esters is 1. The van der Waals surface area contributed by atoms with Crippen LogP contribution < -0.4 is 0 Å². The van der Waals surface area contributed by atoms with Gasteiger partial charge in [-0.25, -0.2) is 4.79 Å². The first-order chi connectivity index (χ1) is 6.46. The summed E-state index contributed by atoms with van der Waals surface area (Å²) in [6, 6.07) is 0. The van der Waals surface area contributed by atoms with Crippen molar-refractivity contribution in [2.75, 3.05) is 18.6 Å². The lowest BCUT2D eigenvalue weighted by atomic mass is 10.1. The van der Waals surface area contributed by atoms with Crippen molar-refractivity contribution in [1.82, 2.24) is 0 Å². The summed E-state index contributed by atoms with van der Waals surface area (Å²) in [6.07, 6.45) is -0.364. The smallest absolute Gasteiger partial charge is 0.379 e. The number of aliphatic hydroxyl groups excluding tert-OH is 1. The first-order valence-corrected chi connectivity index (χ1v) is 5.58. The molecular formula is C8H14F2O3S. The second kappa shape index (κ2) is 6.19. The van der Waals surface area contributed by atoms with Gasteiger partial charge in [-0.3, -0.25) is 0 Å². The Hall–Kier alpha value is -0.360. The minimum Gasteiger partial charge on any atom is -0.461 e. The normalized spacial score (nSPS) is 13.8. The lowest BCUT2D eigenvalue weighted by Gasteiger charge is -2.19. The van der Waals surface area contributed by atoms with E-state index in [2.05, 4.69) is 4.74 Å². The number of carbonyl (C=O) groups is 1. The minimum absolute atomic E-state index is 0.121. The van der Waals surface area contributed by atoms with E-state index in [0.717, 1.165) is 0 Å². The van der Waals surface area contributed by atoms with Crippen LogP contribution in [0.5, 0.6) is 0 Å². The highest BCUT2D eigenvalue weighted by molar-refractivity contribution is 7.98. The van der Waals surface area contributed by atoms with Gasteiger partial charge in [0, 0.05) is 0 Å². The van der Waals surface area contributed by atoms with Gasteiger partial charge in [0.2, 0.25) is 0 Å². The molecule has 0 fully saturated rings. The molecule has 0 aliphatic carbocycles. The fraction of sp³-hybridized carbons (Fsp3) is 0.875. The monoisotopic (exact) mass is 228 g/mol. The van der Waals surface area contributed by atoms with Gasteiger partial charge in [0.15, 0.2) is 0 Å². The minimum atomic E-state index is -3.80. The number of rotatable bonds is 6. The van der Waals surface area contributed by atoms with E-state index in [1.807, 2.05) is 0 Å². The van der Waals surface area contributed by atoms with Crippen LogP contribution in [0.1, 0.15) is 13.3 Å². The lowest BCUT2D eigenvalue weighted by molar-refractivity contribution is -0.188. The van der Waals surface area contributed by atoms with Crippen LogP contribution >= 0.6 is 11.8 Å². The van der Waals surface area contributed by atoms with Crippen LogP contribution in [-0.4, -0.2) is 41.7 Å². The maximum Gasteiger partial charge on any atom is 0.379 e. The van der Waals surface area contributed by atoms with E-state index < -0.39 is 18.0 Å². The number of aliphatic hydroxyl groups is 1. The van der Waals surface area contributed by atoms with E-state index in [-0.39, 0.29) is 13.0 Å². The molecule has 0 saturated carbocycles. The van der Waals surface area contributed by atoms with Crippen molar-refractivity contribution < 1.29 is 23.4 Å². The third-order valence-corrected chi connectivity index (χ3v) is 2.21. The Labute approximate surface area is 85.8 Å². The average molecular weight is 228 g/mol. The number of hydrogen-bond donors (Lipinski definition) is 1. The highest BCUT2D eigenvalue weighted by Gasteiger charge is 2.47. The summed E-state index contributed by atoms with van der Waals surface area (Å²) in [5, 5.41) is 9.04. The molecule has 0 aromatic heterocycles. The van der Waals surface area contributed by atoms with Crippen LogP contribution in [-0.2, 0) is 9.53 Å². The maximum atomic E-state index is 13.0. The van der Waals surface area contributed by atoms with Crippen LogP contribution in [0.4, 0.5) is 8.78 Å². The highest BCUT2D eigenvalue weighted by atomic mass is 32.2. The quantitative estimate of drug-likeness (QED) is 0.696. The zero-order valence-corrected chi connectivity index (χ0v) is 8.94. The summed E-state index contributed by atoms with van der Waals surface area (Å²) >= 11 is 1.33. The molecule has 0 bridgehead atoms. The molecule has 0 aromatic rings. The van der Waals surface area contributed by atoms with Gasteiger partial charge in [-0.2, -0.15) is 20.5 Å². The molecule has 0 radical (unpaired) electrons. The molecule has 0 heterocycles. The number of thioether (sulfide) groups is 1. The maximum absolute atomic E-state index is 13.0. The lowest BCUT2D eigenvalue weighted by Crippen LogP contribution is -2.43. The molecule has 1 N–H and O–H groups in total. The third-order valence-electron chi connectivity index (χ3n) is 1.56. The predicted molar refractivity (Wildman–Crippen MR) is 50.6 cm³/mol. The Morgan fingerprint density at radius 2 is 2.21 bits per heavy atom. The van der Waals surface area contributed by atoms with E-state index in [9.17, 15) is 13.6 Å². The van der Waals surface area contributed by atoms with E-state index in [4.69, 9.17) is 5.11 Å². The third kappa shape index (κ3) is 3.79. The summed E-state index contributed by atoms with van der Waals surface area (Å²) in [5.74, 6) is -5.09. The molecule has 0 aliphatic rings. The Kier molecular flexibility index (Phi) is 6.03. The summed E-state index contributed by atoms with van der Waals surface area (Å²) < 4.78 is 30.1. The highest BCUT2D eigenvalue weighted by Crippen LogP contribution is 2.23. The van der Waals surface area contributed by atoms with Crippen molar-refractivity contribution in [1.29, 1.82) is 0 Å². The van der Waals surface area contributed by atoms with Gasteiger partial charge in [0.05, 0.1) is 6.61 Å². The van der Waals surface area contributed by atoms with Crippen LogP contribution in [0, 0.1) is 0 Å². The van der Waals surface area contributed by atoms with Crippen molar-refractivity contribution >= 4 is 17.7 Å². The molecule has 84 valence electrons. The van der Waals surface area contributed by atoms with Gasteiger partial charge in [-0.05, 0) is 25.4 Å². The average Bonchev–Trinajstić information content (AvgIpc) is 2.14. The first kappa shape index (κ1) is 13.6. The van der Waals surface area contributed by atoms with E-state index in [1.165, 1.54) is 18.7 Å². The molecule has 0 amide bonds. The Morgan fingerprint density at radius 3 is 2.64 bits per heavy atom. The Balaban J connectivity index is 4.20. The molecular weight excluding hydrogens is 214 g/mol. The molecule has 1 atom stereocenters. The SMILES string of the molecule is CCOC(=O)C(F)(F)C(O)CCSC. The summed E-state index contributed by atoms with van der Waals surface area (Å²) in [6.45, 7) is 1.31. The van der Waals surface area contributed by atoms with Crippen molar-refractivity contribution in [2.45, 2.75) is 25.4 Å². The second-order valence-electron chi connectivity index (χ2n) is 2.64. The largest absolute Gasteiger partial charge is 0.461 e. The first-order valence-electron chi connectivity index (χ1n) is 4.18. The summed E-state index contributed by atoms with van der Waals surface area (Å²) in [5.41, 5.74) is 0. The van der Waals surface area contributed by atoms with Crippen molar-refractivity contribution in [3.8, 4) is 0 Å². The van der Waals surface area contributed by atoms with E-state index in [0.29, 0.717) is 5.75 Å². The molecule has 14 heavy (non-hydrogen) atoms. The van der Waals surface area contributed by atoms with E-state index >= 15 is 0 Å². The number of ether oxygens (including phenoxy) is 1. The van der Waals surface area contributed by atoms with Gasteiger partial charge < -0.3 is 9.84 Å². The predicted octanol–water partition coefficient (Wildman–Crippen LogP) is 1.30. The molecule has 0 spiro atoms. The fourth-order valence-electron chi connectivity index (χ4n) is 0.774. The molecule has 1 unspecified atom stereocenters. The van der Waals surface area contributed by atoms with Crippen LogP contribution in [0.2, 0.25) is 0 Å². The van der Waals surface area contributed by atoms with Gasteiger partial charge in [-0.1, -0.05) is 0 Å². The van der Waals surface area contributed by atoms with Gasteiger partial charge in [-0.15, -0.1) is 0 Å². The van der Waals surface area contributed by atoms with Crippen molar-refractivity contribution in [3.63, 3.8) is 0 Å². The molecule has 0 saturated heterocycles. The van der Waals surface area contributed by atoms with Crippen LogP contribution in [0.15, 0.2) is 0 Å². The number of halogens is 2. The van der Waals surface area contributed by atoms with Crippen molar-refractivity contribution in [2.24, 2.45) is 0 Å². The number of carbonyl (C=O) groups excluding carboxylic acids is 1. The standard InChI is InChI=1S/C8H14F2O3S/c1-3-13-7(12)8(9,10)6(11)4-5-14-2/h6,11H,3-5H2,1-2H3. The number of alkyl halides is 2. The number of hydrogen-bond acceptors (Lipinski definition) is 4. The fourth-order valence-corrected chi connectivity index (χ4v) is 1.23. The topological polar surface area (TPSA) is 46.5 Å². The van der Waals surface area contributed by atoms with Crippen molar-refractivity contribution in [3.05, 3.63) is 0 Å². The van der Waals surface area contributed by atoms with Gasteiger partial charge >= 0.3 is 11.9 Å². The van der Waals surface area contributed by atoms with Crippen LogP contribution in [0.25, 0.3) is 0 Å². The van der Waals surface area contributed by atoms with E-state index in [1.54, 1.807) is 6.26 Å². The van der Waals surface area contributed by atoms with Crippen LogP contribution in [0.3, 0.4) is 0 Å². The van der Waals surface area contributed by atoms with Gasteiger partial charge in [0.25, 0.3) is 0 Å². The zero-order valence-electron chi connectivity index (χ0n) is 8.13. The zero-order chi connectivity index (χ0) is 11.2.